The van der Waals surface area contributed by atoms with Crippen LogP contribution in [-0.2, 0) is 4.79 Å². The van der Waals surface area contributed by atoms with Crippen LogP contribution >= 0.6 is 11.6 Å². The van der Waals surface area contributed by atoms with Crippen LogP contribution in [0.3, 0.4) is 0 Å². The van der Waals surface area contributed by atoms with Crippen LogP contribution in [0.5, 0.6) is 5.75 Å². The highest BCUT2D eigenvalue weighted by Gasteiger charge is 2.10. The molecule has 0 fully saturated rings. The number of carbonyl (C=O) groups is 1. The first-order valence-corrected chi connectivity index (χ1v) is 7.69. The van der Waals surface area contributed by atoms with Crippen LogP contribution in [0.2, 0.25) is 5.02 Å². The Morgan fingerprint density at radius 2 is 1.83 bits per heavy atom. The van der Waals surface area contributed by atoms with Gasteiger partial charge in [-0.3, -0.25) is 4.79 Å². The molecule has 0 unspecified atom stereocenters. The number of benzene rings is 2. The molecule has 1 N–H and O–H groups in total. The van der Waals surface area contributed by atoms with Crippen molar-refractivity contribution in [3.8, 4) is 5.75 Å². The smallest absolute Gasteiger partial charge is 0.243 e. The number of hydrogen-bond donors (Lipinski definition) is 1. The third-order valence-corrected chi connectivity index (χ3v) is 3.76. The summed E-state index contributed by atoms with van der Waals surface area (Å²) in [5.41, 5.74) is 4.02. The van der Waals surface area contributed by atoms with Crippen LogP contribution in [0.15, 0.2) is 36.4 Å². The molecule has 5 heteroatoms. The number of likely N-dealkylation sites (N-methyl/N-ethyl adjacent to an activating group) is 1. The number of carbonyl (C=O) groups excluding carboxylic acids is 1. The second kappa shape index (κ2) is 7.38. The summed E-state index contributed by atoms with van der Waals surface area (Å²) in [5.74, 6) is 0.477. The molecule has 4 nitrogen and oxygen atoms in total. The van der Waals surface area contributed by atoms with Gasteiger partial charge in [-0.05, 0) is 55.3 Å². The van der Waals surface area contributed by atoms with E-state index in [0.717, 1.165) is 5.69 Å². The fourth-order valence-electron chi connectivity index (χ4n) is 2.42. The lowest BCUT2D eigenvalue weighted by Gasteiger charge is -2.20. The summed E-state index contributed by atoms with van der Waals surface area (Å²) in [5, 5.41) is 3.31. The van der Waals surface area contributed by atoms with Crippen molar-refractivity contribution in [2.24, 2.45) is 0 Å². The summed E-state index contributed by atoms with van der Waals surface area (Å²) < 4.78 is 5.10. The second-order valence-electron chi connectivity index (χ2n) is 5.60. The SMILES string of the molecule is COc1ccc(NC(=O)CN(C)c2cc(C)cc(C)c2)cc1Cl. The van der Waals surface area contributed by atoms with E-state index in [0.29, 0.717) is 16.5 Å². The molecule has 0 aromatic heterocycles. The quantitative estimate of drug-likeness (QED) is 0.898. The zero-order valence-corrected chi connectivity index (χ0v) is 14.6. The zero-order valence-electron chi connectivity index (χ0n) is 13.8. The third-order valence-electron chi connectivity index (χ3n) is 3.46. The number of amides is 1. The van der Waals surface area contributed by atoms with Gasteiger partial charge >= 0.3 is 0 Å². The first-order chi connectivity index (χ1) is 10.9. The number of anilines is 2. The molecule has 0 aliphatic carbocycles. The van der Waals surface area contributed by atoms with Gasteiger partial charge in [0.25, 0.3) is 0 Å². The monoisotopic (exact) mass is 332 g/mol. The Balaban J connectivity index is 2.02. The average Bonchev–Trinajstić information content (AvgIpc) is 2.46. The topological polar surface area (TPSA) is 41.6 Å². The predicted octanol–water partition coefficient (Wildman–Crippen LogP) is 4.04. The molecule has 2 aromatic rings. The van der Waals surface area contributed by atoms with E-state index in [9.17, 15) is 4.79 Å². The molecule has 0 saturated carbocycles. The number of halogens is 1. The molecule has 0 atom stereocenters. The number of nitrogens with zero attached hydrogens (tertiary/aromatic N) is 1. The Labute approximate surface area is 142 Å². The number of rotatable bonds is 5. The van der Waals surface area contributed by atoms with Crippen molar-refractivity contribution in [3.05, 3.63) is 52.5 Å². The highest BCUT2D eigenvalue weighted by Crippen LogP contribution is 2.27. The minimum Gasteiger partial charge on any atom is -0.495 e. The van der Waals surface area contributed by atoms with Gasteiger partial charge < -0.3 is 15.0 Å². The van der Waals surface area contributed by atoms with Crippen molar-refractivity contribution >= 4 is 28.9 Å². The molecule has 0 spiro atoms. The van der Waals surface area contributed by atoms with Gasteiger partial charge in [0.05, 0.1) is 18.7 Å². The minimum absolute atomic E-state index is 0.104. The first-order valence-electron chi connectivity index (χ1n) is 7.32. The van der Waals surface area contributed by atoms with E-state index in [2.05, 4.69) is 23.5 Å². The van der Waals surface area contributed by atoms with Gasteiger partial charge in [-0.25, -0.2) is 0 Å². The molecule has 0 bridgehead atoms. The number of ether oxygens (including phenoxy) is 1. The first kappa shape index (κ1) is 17.2. The molecule has 122 valence electrons. The van der Waals surface area contributed by atoms with Crippen molar-refractivity contribution in [2.45, 2.75) is 13.8 Å². The van der Waals surface area contributed by atoms with Crippen LogP contribution in [-0.4, -0.2) is 26.6 Å². The Hall–Kier alpha value is -2.20. The molecule has 0 saturated heterocycles. The van der Waals surface area contributed by atoms with Gasteiger partial charge in [0.1, 0.15) is 5.75 Å². The van der Waals surface area contributed by atoms with Gasteiger partial charge in [-0.1, -0.05) is 17.7 Å². The third kappa shape index (κ3) is 4.63. The van der Waals surface area contributed by atoms with Crippen LogP contribution in [0.4, 0.5) is 11.4 Å². The van der Waals surface area contributed by atoms with Crippen molar-refractivity contribution in [1.29, 1.82) is 0 Å². The largest absolute Gasteiger partial charge is 0.495 e. The van der Waals surface area contributed by atoms with E-state index < -0.39 is 0 Å². The fourth-order valence-corrected chi connectivity index (χ4v) is 2.68. The molecule has 1 amide bonds. The second-order valence-corrected chi connectivity index (χ2v) is 6.01. The number of nitrogens with one attached hydrogen (secondary N) is 1. The van der Waals surface area contributed by atoms with Crippen LogP contribution < -0.4 is 15.0 Å². The lowest BCUT2D eigenvalue weighted by atomic mass is 10.1. The summed E-state index contributed by atoms with van der Waals surface area (Å²) in [7, 11) is 3.45. The summed E-state index contributed by atoms with van der Waals surface area (Å²) in [6.45, 7) is 4.35. The maximum absolute atomic E-state index is 12.2. The van der Waals surface area contributed by atoms with Crippen molar-refractivity contribution in [3.63, 3.8) is 0 Å². The van der Waals surface area contributed by atoms with E-state index in [1.807, 2.05) is 25.8 Å². The molecular formula is C18H21ClN2O2. The molecule has 0 heterocycles. The van der Waals surface area contributed by atoms with E-state index in [-0.39, 0.29) is 12.5 Å². The van der Waals surface area contributed by atoms with Crippen LogP contribution in [0.25, 0.3) is 0 Å². The maximum atomic E-state index is 12.2. The minimum atomic E-state index is -0.104. The van der Waals surface area contributed by atoms with Crippen LogP contribution in [0, 0.1) is 13.8 Å². The van der Waals surface area contributed by atoms with E-state index in [1.54, 1.807) is 25.3 Å². The van der Waals surface area contributed by atoms with Gasteiger partial charge in [0.2, 0.25) is 5.91 Å². The average molecular weight is 333 g/mol. The highest BCUT2D eigenvalue weighted by molar-refractivity contribution is 6.32. The Morgan fingerprint density at radius 1 is 1.17 bits per heavy atom. The summed E-state index contributed by atoms with van der Waals surface area (Å²) >= 11 is 6.06. The molecule has 2 rings (SSSR count). The lowest BCUT2D eigenvalue weighted by Crippen LogP contribution is -2.30. The lowest BCUT2D eigenvalue weighted by molar-refractivity contribution is -0.114. The van der Waals surface area contributed by atoms with Gasteiger partial charge in [0, 0.05) is 18.4 Å². The molecular weight excluding hydrogens is 312 g/mol. The molecule has 0 aliphatic rings. The van der Waals surface area contributed by atoms with E-state index in [4.69, 9.17) is 16.3 Å². The number of aryl methyl sites for hydroxylation is 2. The van der Waals surface area contributed by atoms with Crippen molar-refractivity contribution < 1.29 is 9.53 Å². The Morgan fingerprint density at radius 3 is 2.39 bits per heavy atom. The van der Waals surface area contributed by atoms with Crippen LogP contribution in [0.1, 0.15) is 11.1 Å². The van der Waals surface area contributed by atoms with Crippen molar-refractivity contribution in [2.75, 3.05) is 30.9 Å². The zero-order chi connectivity index (χ0) is 17.0. The summed E-state index contributed by atoms with van der Waals surface area (Å²) in [6, 6.07) is 11.4. The fraction of sp³-hybridized carbons (Fsp3) is 0.278. The Kier molecular flexibility index (Phi) is 5.50. The van der Waals surface area contributed by atoms with E-state index in [1.165, 1.54) is 11.1 Å². The number of hydrogen-bond acceptors (Lipinski definition) is 3. The predicted molar refractivity (Wildman–Crippen MR) is 95.8 cm³/mol. The molecule has 23 heavy (non-hydrogen) atoms. The van der Waals surface area contributed by atoms with Gasteiger partial charge in [-0.2, -0.15) is 0 Å². The molecule has 0 aliphatic heterocycles. The number of methoxy groups -OCH3 is 1. The van der Waals surface area contributed by atoms with E-state index >= 15 is 0 Å². The summed E-state index contributed by atoms with van der Waals surface area (Å²) in [6.07, 6.45) is 0. The highest BCUT2D eigenvalue weighted by atomic mass is 35.5. The normalized spacial score (nSPS) is 10.3. The Bertz CT molecular complexity index is 696. The van der Waals surface area contributed by atoms with Gasteiger partial charge in [0.15, 0.2) is 0 Å². The molecule has 2 aromatic carbocycles. The standard InChI is InChI=1S/C18H21ClN2O2/c1-12-7-13(2)9-15(8-12)21(3)11-18(22)20-14-5-6-17(23-4)16(19)10-14/h5-10H,11H2,1-4H3,(H,20,22). The summed E-state index contributed by atoms with van der Waals surface area (Å²) in [4.78, 5) is 14.1. The molecule has 0 radical (unpaired) electrons. The van der Waals surface area contributed by atoms with Crippen molar-refractivity contribution in [1.82, 2.24) is 0 Å². The van der Waals surface area contributed by atoms with Gasteiger partial charge in [-0.15, -0.1) is 0 Å². The maximum Gasteiger partial charge on any atom is 0.243 e.